The molecule has 1 aliphatic rings. The Bertz CT molecular complexity index is 694. The van der Waals surface area contributed by atoms with Crippen LogP contribution in [-0.2, 0) is 4.79 Å². The molecule has 0 unspecified atom stereocenters. The topological polar surface area (TPSA) is 89.9 Å². The SMILES string of the molecule is C[C@H]1CCC[C@H](C)N1C(=O)CSc1nnc(-c2cccnc2)n1N. The van der Waals surface area contributed by atoms with E-state index in [1.54, 1.807) is 12.4 Å². The molecule has 128 valence electrons. The van der Waals surface area contributed by atoms with Crippen molar-refractivity contribution < 1.29 is 4.79 Å². The first-order chi connectivity index (χ1) is 11.6. The highest BCUT2D eigenvalue weighted by atomic mass is 32.2. The normalized spacial score (nSPS) is 21.0. The molecule has 3 rings (SSSR count). The Hall–Kier alpha value is -2.09. The van der Waals surface area contributed by atoms with Crippen molar-refractivity contribution in [1.29, 1.82) is 0 Å². The van der Waals surface area contributed by atoms with Crippen LogP contribution in [0.15, 0.2) is 29.7 Å². The number of hydrogen-bond donors (Lipinski definition) is 1. The quantitative estimate of drug-likeness (QED) is 0.672. The molecule has 2 aromatic heterocycles. The fraction of sp³-hybridized carbons (Fsp3) is 0.500. The summed E-state index contributed by atoms with van der Waals surface area (Å²) in [6, 6.07) is 4.28. The minimum absolute atomic E-state index is 0.130. The number of likely N-dealkylation sites (tertiary alicyclic amines) is 1. The van der Waals surface area contributed by atoms with Crippen LogP contribution in [0.5, 0.6) is 0 Å². The van der Waals surface area contributed by atoms with E-state index < -0.39 is 0 Å². The lowest BCUT2D eigenvalue weighted by Gasteiger charge is -2.39. The Morgan fingerprint density at radius 3 is 2.75 bits per heavy atom. The lowest BCUT2D eigenvalue weighted by molar-refractivity contribution is -0.134. The zero-order chi connectivity index (χ0) is 17.1. The van der Waals surface area contributed by atoms with Crippen LogP contribution in [0.3, 0.4) is 0 Å². The van der Waals surface area contributed by atoms with Crippen LogP contribution in [0.25, 0.3) is 11.4 Å². The van der Waals surface area contributed by atoms with Crippen molar-refractivity contribution in [2.75, 3.05) is 11.6 Å². The molecule has 1 fully saturated rings. The van der Waals surface area contributed by atoms with E-state index in [0.29, 0.717) is 28.8 Å². The summed E-state index contributed by atoms with van der Waals surface area (Å²) in [5.41, 5.74) is 0.795. The molecule has 0 saturated carbocycles. The number of amides is 1. The summed E-state index contributed by atoms with van der Waals surface area (Å²) in [5, 5.41) is 8.74. The smallest absolute Gasteiger partial charge is 0.233 e. The number of carbonyl (C=O) groups excluding carboxylic acids is 1. The van der Waals surface area contributed by atoms with Gasteiger partial charge in [-0.2, -0.15) is 0 Å². The summed E-state index contributed by atoms with van der Waals surface area (Å²) in [4.78, 5) is 18.6. The molecule has 2 atom stereocenters. The van der Waals surface area contributed by atoms with Crippen molar-refractivity contribution >= 4 is 17.7 Å². The van der Waals surface area contributed by atoms with Gasteiger partial charge in [0.05, 0.1) is 5.75 Å². The number of carbonyl (C=O) groups is 1. The summed E-state index contributed by atoms with van der Waals surface area (Å²) in [5.74, 6) is 7.06. The second-order valence-corrected chi connectivity index (χ2v) is 7.08. The summed E-state index contributed by atoms with van der Waals surface area (Å²) in [6.07, 6.45) is 6.70. The molecule has 2 N–H and O–H groups in total. The molecule has 24 heavy (non-hydrogen) atoms. The first kappa shape index (κ1) is 16.8. The second-order valence-electron chi connectivity index (χ2n) is 6.14. The van der Waals surface area contributed by atoms with Crippen LogP contribution in [0.4, 0.5) is 0 Å². The summed E-state index contributed by atoms with van der Waals surface area (Å²) < 4.78 is 1.41. The van der Waals surface area contributed by atoms with Crippen LogP contribution in [0, 0.1) is 0 Å². The average molecular weight is 346 g/mol. The number of nitrogens with zero attached hydrogens (tertiary/aromatic N) is 5. The van der Waals surface area contributed by atoms with Gasteiger partial charge in [-0.3, -0.25) is 9.78 Å². The first-order valence-electron chi connectivity index (χ1n) is 8.12. The van der Waals surface area contributed by atoms with Crippen molar-refractivity contribution in [3.8, 4) is 11.4 Å². The standard InChI is InChI=1S/C16H22N6OS/c1-11-5-3-6-12(2)21(11)14(23)10-24-16-20-19-15(22(16)17)13-7-4-8-18-9-13/h4,7-9,11-12H,3,5-6,10,17H2,1-2H3/t11-,12-/m0/s1. The zero-order valence-corrected chi connectivity index (χ0v) is 14.7. The van der Waals surface area contributed by atoms with Gasteiger partial charge in [0.2, 0.25) is 11.1 Å². The maximum atomic E-state index is 12.6. The van der Waals surface area contributed by atoms with Crippen LogP contribution in [-0.4, -0.2) is 48.5 Å². The van der Waals surface area contributed by atoms with Gasteiger partial charge in [-0.15, -0.1) is 10.2 Å². The van der Waals surface area contributed by atoms with Gasteiger partial charge >= 0.3 is 0 Å². The lowest BCUT2D eigenvalue weighted by Crippen LogP contribution is -2.48. The molecule has 1 saturated heterocycles. The fourth-order valence-corrected chi connectivity index (χ4v) is 3.91. The number of hydrogen-bond acceptors (Lipinski definition) is 6. The highest BCUT2D eigenvalue weighted by Gasteiger charge is 2.29. The molecular formula is C16H22N6OS. The van der Waals surface area contributed by atoms with E-state index in [0.717, 1.165) is 18.4 Å². The number of rotatable bonds is 4. The maximum absolute atomic E-state index is 12.6. The molecule has 3 heterocycles. The van der Waals surface area contributed by atoms with Crippen molar-refractivity contribution in [1.82, 2.24) is 24.8 Å². The van der Waals surface area contributed by atoms with E-state index in [9.17, 15) is 4.79 Å². The van der Waals surface area contributed by atoms with Gasteiger partial charge in [0, 0.05) is 30.0 Å². The van der Waals surface area contributed by atoms with Gasteiger partial charge in [0.25, 0.3) is 0 Å². The van der Waals surface area contributed by atoms with Crippen LogP contribution >= 0.6 is 11.8 Å². The Balaban J connectivity index is 1.67. The Morgan fingerprint density at radius 2 is 2.08 bits per heavy atom. The predicted molar refractivity (Wildman–Crippen MR) is 93.7 cm³/mol. The molecule has 0 aliphatic carbocycles. The number of aromatic nitrogens is 4. The molecule has 1 amide bonds. The molecule has 0 bridgehead atoms. The van der Waals surface area contributed by atoms with Crippen molar-refractivity contribution in [3.63, 3.8) is 0 Å². The third-order valence-electron chi connectivity index (χ3n) is 4.39. The van der Waals surface area contributed by atoms with Crippen LogP contribution in [0.2, 0.25) is 0 Å². The molecular weight excluding hydrogens is 324 g/mol. The molecule has 8 heteroatoms. The van der Waals surface area contributed by atoms with Crippen molar-refractivity contribution in [2.24, 2.45) is 0 Å². The Labute approximate surface area is 145 Å². The number of thioether (sulfide) groups is 1. The first-order valence-corrected chi connectivity index (χ1v) is 9.11. The monoisotopic (exact) mass is 346 g/mol. The van der Waals surface area contributed by atoms with Gasteiger partial charge in [-0.05, 0) is 45.2 Å². The summed E-state index contributed by atoms with van der Waals surface area (Å²) in [7, 11) is 0. The highest BCUT2D eigenvalue weighted by molar-refractivity contribution is 7.99. The van der Waals surface area contributed by atoms with Crippen LogP contribution < -0.4 is 5.84 Å². The van der Waals surface area contributed by atoms with Gasteiger partial charge in [0.1, 0.15) is 0 Å². The largest absolute Gasteiger partial charge is 0.337 e. The lowest BCUT2D eigenvalue weighted by atomic mass is 9.98. The van der Waals surface area contributed by atoms with E-state index in [4.69, 9.17) is 5.84 Å². The van der Waals surface area contributed by atoms with Gasteiger partial charge < -0.3 is 10.7 Å². The highest BCUT2D eigenvalue weighted by Crippen LogP contribution is 2.25. The number of nitrogens with two attached hydrogens (primary N) is 1. The second kappa shape index (κ2) is 7.21. The minimum Gasteiger partial charge on any atom is -0.337 e. The molecule has 2 aromatic rings. The summed E-state index contributed by atoms with van der Waals surface area (Å²) in [6.45, 7) is 4.23. The third-order valence-corrected chi connectivity index (χ3v) is 5.32. The fourth-order valence-electron chi connectivity index (χ4n) is 3.18. The van der Waals surface area contributed by atoms with Gasteiger partial charge in [-0.1, -0.05) is 11.8 Å². The molecule has 7 nitrogen and oxygen atoms in total. The Morgan fingerprint density at radius 1 is 1.33 bits per heavy atom. The van der Waals surface area contributed by atoms with Crippen LogP contribution in [0.1, 0.15) is 33.1 Å². The molecule has 1 aliphatic heterocycles. The van der Waals surface area contributed by atoms with Gasteiger partial charge in [0.15, 0.2) is 5.82 Å². The minimum atomic E-state index is 0.130. The van der Waals surface area contributed by atoms with Gasteiger partial charge in [-0.25, -0.2) is 4.68 Å². The number of nitrogen functional groups attached to an aromatic ring is 1. The molecule has 0 spiro atoms. The van der Waals surface area contributed by atoms with E-state index >= 15 is 0 Å². The molecule has 0 aromatic carbocycles. The van der Waals surface area contributed by atoms with E-state index in [1.165, 1.54) is 22.9 Å². The predicted octanol–water partition coefficient (Wildman–Crippen LogP) is 1.94. The third kappa shape index (κ3) is 3.38. The Kier molecular flexibility index (Phi) is 5.03. The van der Waals surface area contributed by atoms with E-state index in [1.807, 2.05) is 17.0 Å². The van der Waals surface area contributed by atoms with Crippen molar-refractivity contribution in [3.05, 3.63) is 24.5 Å². The van der Waals surface area contributed by atoms with E-state index in [2.05, 4.69) is 29.0 Å². The number of pyridine rings is 1. The van der Waals surface area contributed by atoms with E-state index in [-0.39, 0.29) is 5.91 Å². The molecule has 0 radical (unpaired) electrons. The average Bonchev–Trinajstić information content (AvgIpc) is 2.94. The number of piperidine rings is 1. The summed E-state index contributed by atoms with van der Waals surface area (Å²) >= 11 is 1.32. The zero-order valence-electron chi connectivity index (χ0n) is 13.9. The maximum Gasteiger partial charge on any atom is 0.233 e. The van der Waals surface area contributed by atoms with Crippen molar-refractivity contribution in [2.45, 2.75) is 50.4 Å².